The molecule has 2 aromatic carbocycles. The maximum Gasteiger partial charge on any atom is 0.295 e. The topological polar surface area (TPSA) is 98.6 Å². The number of ketones is 1. The van der Waals surface area contributed by atoms with Gasteiger partial charge in [-0.25, -0.2) is 8.96 Å². The Bertz CT molecular complexity index is 1270. The number of nitrogens with one attached hydrogen (secondary N) is 1. The van der Waals surface area contributed by atoms with Gasteiger partial charge in [-0.1, -0.05) is 24.0 Å². The largest absolute Gasteiger partial charge is 0.872 e. The van der Waals surface area contributed by atoms with E-state index in [1.165, 1.54) is 35.2 Å². The number of likely N-dealkylation sites (tertiary alicyclic amines) is 1. The number of halogens is 1. The SMILES string of the molecule is O=C1C(=O)N(CCC[n+]2cc[nH]c2)C(c2cccc(F)c2)C1=C([O-])c1ccc2c(c1)OCCO2. The first-order valence-corrected chi connectivity index (χ1v) is 11.0. The number of aromatic nitrogens is 2. The molecule has 0 bridgehead atoms. The van der Waals surface area contributed by atoms with Gasteiger partial charge in [-0.15, -0.1) is 0 Å². The van der Waals surface area contributed by atoms with Crippen LogP contribution in [0.2, 0.25) is 0 Å². The van der Waals surface area contributed by atoms with Crippen LogP contribution in [0.4, 0.5) is 4.39 Å². The summed E-state index contributed by atoms with van der Waals surface area (Å²) in [6, 6.07) is 9.31. The number of aromatic amines is 1. The molecule has 0 aliphatic carbocycles. The Balaban J connectivity index is 1.54. The average molecular weight is 463 g/mol. The number of nitrogens with zero attached hydrogens (tertiary/aromatic N) is 2. The van der Waals surface area contributed by atoms with Crippen molar-refractivity contribution in [1.82, 2.24) is 9.88 Å². The quantitative estimate of drug-likeness (QED) is 0.259. The van der Waals surface area contributed by atoms with Crippen molar-refractivity contribution in [2.75, 3.05) is 19.8 Å². The fourth-order valence-electron chi connectivity index (χ4n) is 4.35. The molecule has 174 valence electrons. The van der Waals surface area contributed by atoms with Crippen LogP contribution in [0, 0.1) is 5.82 Å². The van der Waals surface area contributed by atoms with Crippen molar-refractivity contribution < 1.29 is 33.1 Å². The van der Waals surface area contributed by atoms with E-state index in [4.69, 9.17) is 9.47 Å². The van der Waals surface area contributed by atoms with E-state index in [9.17, 15) is 19.1 Å². The first kappa shape index (κ1) is 21.7. The summed E-state index contributed by atoms with van der Waals surface area (Å²) in [6.45, 7) is 1.57. The van der Waals surface area contributed by atoms with Crippen LogP contribution >= 0.6 is 0 Å². The van der Waals surface area contributed by atoms with Crippen LogP contribution in [0.25, 0.3) is 5.76 Å². The fourth-order valence-corrected chi connectivity index (χ4v) is 4.35. The first-order chi connectivity index (χ1) is 16.5. The van der Waals surface area contributed by atoms with Gasteiger partial charge in [0.15, 0.2) is 11.5 Å². The molecule has 5 rings (SSSR count). The minimum absolute atomic E-state index is 0.193. The minimum Gasteiger partial charge on any atom is -0.872 e. The second kappa shape index (κ2) is 9.01. The van der Waals surface area contributed by atoms with E-state index in [1.807, 2.05) is 10.8 Å². The van der Waals surface area contributed by atoms with Gasteiger partial charge < -0.3 is 19.5 Å². The highest BCUT2D eigenvalue weighted by Gasteiger charge is 2.44. The van der Waals surface area contributed by atoms with Crippen LogP contribution in [0.3, 0.4) is 0 Å². The number of rotatable bonds is 6. The predicted octanol–water partition coefficient (Wildman–Crippen LogP) is 1.53. The van der Waals surface area contributed by atoms with E-state index in [1.54, 1.807) is 24.7 Å². The highest BCUT2D eigenvalue weighted by Crippen LogP contribution is 2.40. The maximum absolute atomic E-state index is 14.1. The van der Waals surface area contributed by atoms with Gasteiger partial charge in [-0.05, 0) is 35.4 Å². The van der Waals surface area contributed by atoms with E-state index in [2.05, 4.69) is 4.98 Å². The lowest BCUT2D eigenvalue weighted by molar-refractivity contribution is -0.695. The lowest BCUT2D eigenvalue weighted by atomic mass is 9.95. The zero-order valence-corrected chi connectivity index (χ0v) is 18.2. The number of benzene rings is 2. The molecule has 3 aromatic rings. The molecule has 3 heterocycles. The van der Waals surface area contributed by atoms with Crippen molar-refractivity contribution in [3.8, 4) is 11.5 Å². The van der Waals surface area contributed by atoms with Crippen LogP contribution < -0.4 is 19.1 Å². The van der Waals surface area contributed by atoms with Gasteiger partial charge in [0.25, 0.3) is 5.91 Å². The summed E-state index contributed by atoms with van der Waals surface area (Å²) >= 11 is 0. The van der Waals surface area contributed by atoms with Crippen LogP contribution in [-0.2, 0) is 16.1 Å². The molecule has 1 amide bonds. The Hall–Kier alpha value is -4.14. The van der Waals surface area contributed by atoms with E-state index >= 15 is 0 Å². The Morgan fingerprint density at radius 3 is 2.74 bits per heavy atom. The summed E-state index contributed by atoms with van der Waals surface area (Å²) in [4.78, 5) is 30.4. The molecule has 8 nitrogen and oxygen atoms in total. The number of H-pyrrole nitrogens is 1. The Labute approximate surface area is 194 Å². The number of fused-ring (bicyclic) bond motifs is 1. The van der Waals surface area contributed by atoms with Crippen LogP contribution in [0.15, 0.2) is 66.8 Å². The molecule has 1 saturated heterocycles. The van der Waals surface area contributed by atoms with E-state index in [0.717, 1.165) is 0 Å². The molecule has 1 N–H and O–H groups in total. The van der Waals surface area contributed by atoms with Gasteiger partial charge in [0.1, 0.15) is 31.4 Å². The number of amides is 1. The number of hydrogen-bond donors (Lipinski definition) is 1. The average Bonchev–Trinajstić information content (AvgIpc) is 3.45. The third-order valence-corrected chi connectivity index (χ3v) is 5.92. The minimum atomic E-state index is -0.979. The Morgan fingerprint density at radius 1 is 1.15 bits per heavy atom. The molecule has 1 fully saturated rings. The van der Waals surface area contributed by atoms with Crippen LogP contribution in [0.5, 0.6) is 11.5 Å². The molecule has 0 spiro atoms. The molecule has 2 aliphatic heterocycles. The molecule has 34 heavy (non-hydrogen) atoms. The summed E-state index contributed by atoms with van der Waals surface area (Å²) in [5.41, 5.74) is 0.377. The van der Waals surface area contributed by atoms with E-state index in [-0.39, 0.29) is 17.7 Å². The van der Waals surface area contributed by atoms with Crippen molar-refractivity contribution in [1.29, 1.82) is 0 Å². The van der Waals surface area contributed by atoms with E-state index < -0.39 is 29.3 Å². The highest BCUT2D eigenvalue weighted by atomic mass is 19.1. The fraction of sp³-hybridized carbons (Fsp3) is 0.240. The zero-order valence-electron chi connectivity index (χ0n) is 18.2. The second-order valence-electron chi connectivity index (χ2n) is 8.09. The van der Waals surface area contributed by atoms with Crippen molar-refractivity contribution in [3.63, 3.8) is 0 Å². The van der Waals surface area contributed by atoms with Crippen molar-refractivity contribution in [2.24, 2.45) is 0 Å². The monoisotopic (exact) mass is 463 g/mol. The zero-order chi connectivity index (χ0) is 23.7. The molecule has 0 saturated carbocycles. The number of hydrogen-bond acceptors (Lipinski definition) is 5. The van der Waals surface area contributed by atoms with Crippen LogP contribution in [-0.4, -0.2) is 41.3 Å². The summed E-state index contributed by atoms with van der Waals surface area (Å²) in [6.07, 6.45) is 5.95. The van der Waals surface area contributed by atoms with Crippen molar-refractivity contribution >= 4 is 17.4 Å². The normalized spacial score (nSPS) is 19.0. The molecule has 1 aromatic heterocycles. The maximum atomic E-state index is 14.1. The third-order valence-electron chi connectivity index (χ3n) is 5.92. The standard InChI is InChI=1S/C25H22FN3O5/c26-18-4-1-3-16(13-18)22-21(23(30)17-5-6-19-20(14-17)34-12-11-33-19)24(31)25(32)29(22)9-2-8-28-10-7-27-15-28/h1,3-7,10,13-15,22H,2,8-9,11-12H2,(H,30,31). The molecule has 1 unspecified atom stereocenters. The van der Waals surface area contributed by atoms with Gasteiger partial charge in [0.05, 0.1) is 12.6 Å². The van der Waals surface area contributed by atoms with Crippen molar-refractivity contribution in [2.45, 2.75) is 19.0 Å². The van der Waals surface area contributed by atoms with E-state index in [0.29, 0.717) is 43.2 Å². The molecule has 1 atom stereocenters. The van der Waals surface area contributed by atoms with Crippen LogP contribution in [0.1, 0.15) is 23.6 Å². The van der Waals surface area contributed by atoms with Gasteiger partial charge in [0, 0.05) is 18.5 Å². The van der Waals surface area contributed by atoms with Gasteiger partial charge >= 0.3 is 0 Å². The van der Waals surface area contributed by atoms with Gasteiger partial charge in [0.2, 0.25) is 12.1 Å². The summed E-state index contributed by atoms with van der Waals surface area (Å²) in [5.74, 6) is -1.84. The molecule has 0 radical (unpaired) electrons. The molecular weight excluding hydrogens is 441 g/mol. The summed E-state index contributed by atoms with van der Waals surface area (Å²) in [7, 11) is 0. The number of imidazole rings is 1. The van der Waals surface area contributed by atoms with Gasteiger partial charge in [-0.2, -0.15) is 0 Å². The lowest BCUT2D eigenvalue weighted by Gasteiger charge is -2.28. The number of aryl methyl sites for hydroxylation is 1. The first-order valence-electron chi connectivity index (χ1n) is 11.0. The van der Waals surface area contributed by atoms with Crippen molar-refractivity contribution in [3.05, 3.63) is 83.7 Å². The van der Waals surface area contributed by atoms with Gasteiger partial charge in [-0.3, -0.25) is 14.6 Å². The molecule has 9 heteroatoms. The Kier molecular flexibility index (Phi) is 5.75. The second-order valence-corrected chi connectivity index (χ2v) is 8.09. The summed E-state index contributed by atoms with van der Waals surface area (Å²) < 4.78 is 27.1. The smallest absolute Gasteiger partial charge is 0.295 e. The number of carbonyl (C=O) groups excluding carboxylic acids is 2. The lowest BCUT2D eigenvalue weighted by Crippen LogP contribution is -2.36. The number of Topliss-reactive ketones (excluding diaryl/α,β-unsaturated/α-hetero) is 1. The predicted molar refractivity (Wildman–Crippen MR) is 116 cm³/mol. The summed E-state index contributed by atoms with van der Waals surface area (Å²) in [5, 5.41) is 13.5. The number of ether oxygens (including phenoxy) is 2. The molecule has 2 aliphatic rings. The number of carbonyl (C=O) groups is 2. The highest BCUT2D eigenvalue weighted by molar-refractivity contribution is 6.46. The third kappa shape index (κ3) is 4.00. The Morgan fingerprint density at radius 2 is 1.97 bits per heavy atom. The molecular formula is C25H22FN3O5.